The van der Waals surface area contributed by atoms with Crippen LogP contribution in [0.5, 0.6) is 11.5 Å². The smallest absolute Gasteiger partial charge is 0.224 e. The van der Waals surface area contributed by atoms with Crippen LogP contribution < -0.4 is 9.47 Å². The summed E-state index contributed by atoms with van der Waals surface area (Å²) in [5, 5.41) is 1.10. The second-order valence-electron chi connectivity index (χ2n) is 3.10. The van der Waals surface area contributed by atoms with Crippen molar-refractivity contribution in [3.05, 3.63) is 20.1 Å². The molecule has 0 aliphatic carbocycles. The zero-order valence-electron chi connectivity index (χ0n) is 8.92. The van der Waals surface area contributed by atoms with E-state index in [9.17, 15) is 0 Å². The normalized spacial score (nSPS) is 10.6. The lowest BCUT2D eigenvalue weighted by atomic mass is 10.2. The zero-order valence-corrected chi connectivity index (χ0v) is 12.6. The lowest BCUT2D eigenvalue weighted by Gasteiger charge is -2.12. The largest absolute Gasteiger partial charge is 0.493 e. The van der Waals surface area contributed by atoms with E-state index in [1.54, 1.807) is 20.3 Å². The van der Waals surface area contributed by atoms with Crippen molar-refractivity contribution in [1.82, 2.24) is 9.97 Å². The molecule has 0 saturated carbocycles. The van der Waals surface area contributed by atoms with Gasteiger partial charge < -0.3 is 9.47 Å². The third kappa shape index (κ3) is 2.23. The molecule has 0 aliphatic heterocycles. The fourth-order valence-corrected chi connectivity index (χ4v) is 3.15. The number of fused-ring (bicyclic) bond motifs is 1. The number of hydrogen-bond acceptors (Lipinski definition) is 4. The van der Waals surface area contributed by atoms with E-state index < -0.39 is 0 Å². The fraction of sp³-hybridized carbons (Fsp3) is 0.200. The summed E-state index contributed by atoms with van der Waals surface area (Å²) in [4.78, 5) is 8.02. The fourth-order valence-electron chi connectivity index (χ4n) is 1.48. The van der Waals surface area contributed by atoms with Crippen molar-refractivity contribution >= 4 is 56.7 Å². The number of aromatic nitrogens is 2. The van der Waals surface area contributed by atoms with E-state index in [1.165, 1.54) is 0 Å². The highest BCUT2D eigenvalue weighted by Gasteiger charge is 2.17. The molecule has 0 saturated heterocycles. The van der Waals surface area contributed by atoms with Gasteiger partial charge in [-0.25, -0.2) is 9.97 Å². The predicted molar refractivity (Wildman–Crippen MR) is 75.4 cm³/mol. The van der Waals surface area contributed by atoms with Crippen molar-refractivity contribution in [2.45, 2.75) is 0 Å². The van der Waals surface area contributed by atoms with Gasteiger partial charge in [0.1, 0.15) is 5.15 Å². The Kier molecular flexibility index (Phi) is 3.79. The van der Waals surface area contributed by atoms with E-state index >= 15 is 0 Å². The van der Waals surface area contributed by atoms with Crippen molar-refractivity contribution in [1.29, 1.82) is 0 Å². The van der Waals surface area contributed by atoms with Crippen LogP contribution in [0, 0.1) is 3.57 Å². The number of rotatable bonds is 2. The number of nitrogens with zero attached hydrogens (tertiary/aromatic N) is 2. The van der Waals surface area contributed by atoms with Crippen molar-refractivity contribution in [3.63, 3.8) is 0 Å². The molecule has 0 bridgehead atoms. The first-order chi connectivity index (χ1) is 8.08. The van der Waals surface area contributed by atoms with Crippen LogP contribution in [-0.2, 0) is 0 Å². The molecule has 0 aliphatic rings. The Balaban J connectivity index is 2.90. The van der Waals surface area contributed by atoms with E-state index in [4.69, 9.17) is 32.7 Å². The average Bonchev–Trinajstić information content (AvgIpc) is 2.27. The molecule has 7 heteroatoms. The Hall–Kier alpha value is -0.530. The third-order valence-corrected chi connectivity index (χ3v) is 3.67. The van der Waals surface area contributed by atoms with Crippen molar-refractivity contribution in [2.24, 2.45) is 0 Å². The van der Waals surface area contributed by atoms with Crippen LogP contribution in [0.4, 0.5) is 0 Å². The molecule has 2 rings (SSSR count). The van der Waals surface area contributed by atoms with Gasteiger partial charge in [0.2, 0.25) is 5.28 Å². The second kappa shape index (κ2) is 4.99. The predicted octanol–water partition coefficient (Wildman–Crippen LogP) is 3.56. The lowest BCUT2D eigenvalue weighted by Crippen LogP contribution is -1.97. The third-order valence-electron chi connectivity index (χ3n) is 2.20. The van der Waals surface area contributed by atoms with E-state index in [-0.39, 0.29) is 5.28 Å². The number of halogens is 3. The molecule has 0 unspecified atom stereocenters. The Morgan fingerprint density at radius 1 is 1.18 bits per heavy atom. The minimum atomic E-state index is 0.102. The van der Waals surface area contributed by atoms with Gasteiger partial charge in [0.05, 0.1) is 28.7 Å². The summed E-state index contributed by atoms with van der Waals surface area (Å²) in [5.74, 6) is 1.18. The molecule has 0 spiro atoms. The van der Waals surface area contributed by atoms with Crippen LogP contribution in [0.25, 0.3) is 10.9 Å². The average molecular weight is 385 g/mol. The standard InChI is InChI=1S/C10H7Cl2IN2O2/c1-16-5-3-4-6(7(13)8(5)17-2)9(11)15-10(12)14-4/h3H,1-2H3. The van der Waals surface area contributed by atoms with Crippen LogP contribution >= 0.6 is 45.8 Å². The van der Waals surface area contributed by atoms with E-state index in [0.29, 0.717) is 27.6 Å². The highest BCUT2D eigenvalue weighted by molar-refractivity contribution is 14.1. The molecule has 1 aromatic carbocycles. The van der Waals surface area contributed by atoms with Crippen molar-refractivity contribution < 1.29 is 9.47 Å². The van der Waals surface area contributed by atoms with Crippen molar-refractivity contribution in [3.8, 4) is 11.5 Å². The van der Waals surface area contributed by atoms with Crippen LogP contribution in [0.2, 0.25) is 10.4 Å². The maximum absolute atomic E-state index is 6.06. The maximum Gasteiger partial charge on any atom is 0.224 e. The first-order valence-electron chi connectivity index (χ1n) is 4.51. The Morgan fingerprint density at radius 3 is 2.47 bits per heavy atom. The molecular formula is C10H7Cl2IN2O2. The molecule has 0 amide bonds. The Bertz CT molecular complexity index is 592. The van der Waals surface area contributed by atoms with Gasteiger partial charge in [-0.2, -0.15) is 0 Å². The number of methoxy groups -OCH3 is 2. The molecule has 4 nitrogen and oxygen atoms in total. The molecule has 1 heterocycles. The van der Waals surface area contributed by atoms with E-state index in [2.05, 4.69) is 32.6 Å². The molecule has 1 aromatic heterocycles. The van der Waals surface area contributed by atoms with Gasteiger partial charge in [-0.3, -0.25) is 0 Å². The first kappa shape index (κ1) is 12.9. The highest BCUT2D eigenvalue weighted by atomic mass is 127. The van der Waals surface area contributed by atoms with Gasteiger partial charge in [0.25, 0.3) is 0 Å². The maximum atomic E-state index is 6.06. The monoisotopic (exact) mass is 384 g/mol. The van der Waals surface area contributed by atoms with Gasteiger partial charge in [0.15, 0.2) is 11.5 Å². The summed E-state index contributed by atoms with van der Waals surface area (Å²) in [5.41, 5.74) is 0.622. The van der Waals surface area contributed by atoms with E-state index in [0.717, 1.165) is 3.57 Å². The SMILES string of the molecule is COc1cc2nc(Cl)nc(Cl)c2c(I)c1OC. The number of ether oxygens (including phenoxy) is 2. The molecular weight excluding hydrogens is 378 g/mol. The zero-order chi connectivity index (χ0) is 12.6. The summed E-state index contributed by atoms with van der Waals surface area (Å²) in [7, 11) is 3.13. The minimum Gasteiger partial charge on any atom is -0.493 e. The second-order valence-corrected chi connectivity index (χ2v) is 4.88. The van der Waals surface area contributed by atoms with Gasteiger partial charge >= 0.3 is 0 Å². The van der Waals surface area contributed by atoms with Gasteiger partial charge in [-0.1, -0.05) is 11.6 Å². The summed E-state index contributed by atoms with van der Waals surface area (Å²) in [6, 6.07) is 1.72. The lowest BCUT2D eigenvalue weighted by molar-refractivity contribution is 0.354. The van der Waals surface area contributed by atoms with Crippen LogP contribution in [0.1, 0.15) is 0 Å². The number of hydrogen-bond donors (Lipinski definition) is 0. The summed E-state index contributed by atoms with van der Waals surface area (Å²) in [6.07, 6.45) is 0. The summed E-state index contributed by atoms with van der Waals surface area (Å²) >= 11 is 13.9. The van der Waals surface area contributed by atoms with Gasteiger partial charge in [0, 0.05) is 6.07 Å². The van der Waals surface area contributed by atoms with E-state index in [1.807, 2.05) is 0 Å². The minimum absolute atomic E-state index is 0.102. The number of benzene rings is 1. The Labute approximate surface area is 121 Å². The Morgan fingerprint density at radius 2 is 1.88 bits per heavy atom. The summed E-state index contributed by atoms with van der Waals surface area (Å²) < 4.78 is 11.3. The van der Waals surface area contributed by atoms with Crippen LogP contribution in [0.3, 0.4) is 0 Å². The molecule has 0 N–H and O–H groups in total. The topological polar surface area (TPSA) is 44.2 Å². The van der Waals surface area contributed by atoms with Crippen molar-refractivity contribution in [2.75, 3.05) is 14.2 Å². The molecule has 0 fully saturated rings. The van der Waals surface area contributed by atoms with Gasteiger partial charge in [-0.05, 0) is 34.2 Å². The van der Waals surface area contributed by atoms with Gasteiger partial charge in [-0.15, -0.1) is 0 Å². The molecule has 0 radical (unpaired) electrons. The molecule has 17 heavy (non-hydrogen) atoms. The van der Waals surface area contributed by atoms with Crippen LogP contribution in [0.15, 0.2) is 6.07 Å². The summed E-state index contributed by atoms with van der Waals surface area (Å²) in [6.45, 7) is 0. The van der Waals surface area contributed by atoms with Crippen LogP contribution in [-0.4, -0.2) is 24.2 Å². The molecule has 2 aromatic rings. The molecule has 0 atom stereocenters. The first-order valence-corrected chi connectivity index (χ1v) is 6.35. The molecule has 90 valence electrons. The highest BCUT2D eigenvalue weighted by Crippen LogP contribution is 2.39. The quantitative estimate of drug-likeness (QED) is 0.451.